The number of nitrogens with one attached hydrogen (secondary N) is 1. The summed E-state index contributed by atoms with van der Waals surface area (Å²) in [7, 11) is 1.36. The van der Waals surface area contributed by atoms with Crippen molar-refractivity contribution >= 4 is 12.1 Å². The summed E-state index contributed by atoms with van der Waals surface area (Å²) in [5, 5.41) is 2.71. The van der Waals surface area contributed by atoms with Crippen molar-refractivity contribution in [2.24, 2.45) is 11.8 Å². The normalized spacial score (nSPS) is 26.7. The van der Waals surface area contributed by atoms with E-state index in [1.807, 2.05) is 19.1 Å². The molecule has 0 fully saturated rings. The number of carbonyl (C=O) groups excluding carboxylic acids is 2. The molecule has 19 heavy (non-hydrogen) atoms. The Balaban J connectivity index is 2.70. The molecule has 0 aromatic rings. The van der Waals surface area contributed by atoms with Crippen molar-refractivity contribution in [3.8, 4) is 0 Å². The van der Waals surface area contributed by atoms with Gasteiger partial charge in [-0.2, -0.15) is 0 Å². The molecule has 0 bridgehead atoms. The second kappa shape index (κ2) is 6.08. The molecular formula is C14H23NO4. The van der Waals surface area contributed by atoms with Crippen LogP contribution in [0.5, 0.6) is 0 Å². The fourth-order valence-electron chi connectivity index (χ4n) is 2.06. The standard InChI is InChI=1S/C14H23NO4/c1-9-6-7-11(10(8-9)12(16)18-5)15-13(17)19-14(2,3)4/h6-7,9-11H,8H2,1-5H3,(H,15,17)/t9-,10?,11+/m1/s1. The van der Waals surface area contributed by atoms with Gasteiger partial charge in [-0.05, 0) is 33.1 Å². The Kier molecular flexibility index (Phi) is 4.97. The first kappa shape index (κ1) is 15.5. The van der Waals surface area contributed by atoms with E-state index in [1.54, 1.807) is 20.8 Å². The lowest BCUT2D eigenvalue weighted by Gasteiger charge is -2.30. The van der Waals surface area contributed by atoms with E-state index in [9.17, 15) is 9.59 Å². The number of allylic oxidation sites excluding steroid dienone is 1. The van der Waals surface area contributed by atoms with Crippen molar-refractivity contribution in [3.63, 3.8) is 0 Å². The Labute approximate surface area is 114 Å². The molecule has 0 radical (unpaired) electrons. The van der Waals surface area contributed by atoms with Gasteiger partial charge >= 0.3 is 12.1 Å². The predicted octanol–water partition coefficient (Wildman–Crippen LogP) is 2.26. The first-order chi connectivity index (χ1) is 8.73. The lowest BCUT2D eigenvalue weighted by molar-refractivity contribution is -0.146. The quantitative estimate of drug-likeness (QED) is 0.617. The molecule has 0 saturated heterocycles. The van der Waals surface area contributed by atoms with Gasteiger partial charge in [-0.25, -0.2) is 4.79 Å². The molecule has 5 heteroatoms. The molecule has 1 amide bonds. The number of rotatable bonds is 2. The summed E-state index contributed by atoms with van der Waals surface area (Å²) in [6, 6.07) is -0.376. The van der Waals surface area contributed by atoms with Crippen LogP contribution in [-0.4, -0.2) is 30.8 Å². The second-order valence-corrected chi connectivity index (χ2v) is 5.90. The largest absolute Gasteiger partial charge is 0.469 e. The number of hydrogen-bond donors (Lipinski definition) is 1. The Hall–Kier alpha value is -1.52. The zero-order valence-electron chi connectivity index (χ0n) is 12.2. The molecule has 108 valence electrons. The summed E-state index contributed by atoms with van der Waals surface area (Å²) >= 11 is 0. The van der Waals surface area contributed by atoms with Crippen molar-refractivity contribution in [1.29, 1.82) is 0 Å². The van der Waals surface area contributed by atoms with Crippen molar-refractivity contribution in [1.82, 2.24) is 5.32 Å². The van der Waals surface area contributed by atoms with E-state index < -0.39 is 11.7 Å². The number of esters is 1. The minimum absolute atomic E-state index is 0.292. The van der Waals surface area contributed by atoms with E-state index in [0.29, 0.717) is 12.3 Å². The highest BCUT2D eigenvalue weighted by Crippen LogP contribution is 2.25. The van der Waals surface area contributed by atoms with Crippen molar-refractivity contribution in [2.45, 2.75) is 45.8 Å². The number of amides is 1. The van der Waals surface area contributed by atoms with Gasteiger partial charge in [0.2, 0.25) is 0 Å². The predicted molar refractivity (Wildman–Crippen MR) is 71.6 cm³/mol. The van der Waals surface area contributed by atoms with Crippen LogP contribution < -0.4 is 5.32 Å². The van der Waals surface area contributed by atoms with E-state index in [4.69, 9.17) is 9.47 Å². The zero-order chi connectivity index (χ0) is 14.6. The maximum atomic E-state index is 11.7. The molecule has 5 nitrogen and oxygen atoms in total. The summed E-state index contributed by atoms with van der Waals surface area (Å²) in [6.45, 7) is 7.41. The third-order valence-corrected chi connectivity index (χ3v) is 2.89. The van der Waals surface area contributed by atoms with Gasteiger partial charge in [-0.15, -0.1) is 0 Å². The zero-order valence-corrected chi connectivity index (χ0v) is 12.2. The minimum atomic E-state index is -0.559. The molecule has 0 aromatic heterocycles. The van der Waals surface area contributed by atoms with Crippen LogP contribution in [0.3, 0.4) is 0 Å². The van der Waals surface area contributed by atoms with Crippen LogP contribution in [0.15, 0.2) is 12.2 Å². The van der Waals surface area contributed by atoms with Gasteiger partial charge in [0, 0.05) is 0 Å². The van der Waals surface area contributed by atoms with Crippen LogP contribution in [0.2, 0.25) is 0 Å². The highest BCUT2D eigenvalue weighted by molar-refractivity contribution is 5.76. The topological polar surface area (TPSA) is 64.6 Å². The molecule has 0 aliphatic heterocycles. The smallest absolute Gasteiger partial charge is 0.408 e. The Morgan fingerprint density at radius 1 is 1.26 bits per heavy atom. The molecule has 1 N–H and O–H groups in total. The lowest BCUT2D eigenvalue weighted by atomic mass is 9.84. The molecular weight excluding hydrogens is 246 g/mol. The summed E-state index contributed by atoms with van der Waals surface area (Å²) in [5.41, 5.74) is -0.559. The summed E-state index contributed by atoms with van der Waals surface area (Å²) in [6.07, 6.45) is 3.95. The molecule has 3 atom stereocenters. The van der Waals surface area contributed by atoms with E-state index in [1.165, 1.54) is 7.11 Å². The van der Waals surface area contributed by atoms with Crippen molar-refractivity contribution in [2.75, 3.05) is 7.11 Å². The Morgan fingerprint density at radius 2 is 1.89 bits per heavy atom. The maximum absolute atomic E-state index is 11.7. The number of carbonyl (C=O) groups is 2. The molecule has 1 aliphatic rings. The number of ether oxygens (including phenoxy) is 2. The van der Waals surface area contributed by atoms with Gasteiger partial charge in [-0.1, -0.05) is 19.1 Å². The van der Waals surface area contributed by atoms with E-state index in [2.05, 4.69) is 5.32 Å². The van der Waals surface area contributed by atoms with Gasteiger partial charge in [0.15, 0.2) is 0 Å². The molecule has 1 rings (SSSR count). The van der Waals surface area contributed by atoms with E-state index in [-0.39, 0.29) is 17.9 Å². The Morgan fingerprint density at radius 3 is 2.42 bits per heavy atom. The minimum Gasteiger partial charge on any atom is -0.469 e. The van der Waals surface area contributed by atoms with Crippen LogP contribution in [0, 0.1) is 11.8 Å². The van der Waals surface area contributed by atoms with Crippen LogP contribution in [-0.2, 0) is 14.3 Å². The molecule has 0 heterocycles. The molecule has 1 aliphatic carbocycles. The molecule has 0 spiro atoms. The molecule has 0 saturated carbocycles. The SMILES string of the molecule is COC(=O)C1C[C@H](C)C=C[C@@H]1NC(=O)OC(C)(C)C. The average molecular weight is 269 g/mol. The fourth-order valence-corrected chi connectivity index (χ4v) is 2.06. The van der Waals surface area contributed by atoms with E-state index in [0.717, 1.165) is 0 Å². The van der Waals surface area contributed by atoms with Crippen LogP contribution in [0.1, 0.15) is 34.1 Å². The van der Waals surface area contributed by atoms with Gasteiger partial charge in [-0.3, -0.25) is 4.79 Å². The summed E-state index contributed by atoms with van der Waals surface area (Å²) in [4.78, 5) is 23.5. The number of alkyl carbamates (subject to hydrolysis) is 1. The van der Waals surface area contributed by atoms with Gasteiger partial charge in [0.05, 0.1) is 19.1 Å². The van der Waals surface area contributed by atoms with Crippen LogP contribution in [0.4, 0.5) is 4.79 Å². The monoisotopic (exact) mass is 269 g/mol. The average Bonchev–Trinajstić information content (AvgIpc) is 2.28. The fraction of sp³-hybridized carbons (Fsp3) is 0.714. The third-order valence-electron chi connectivity index (χ3n) is 2.89. The number of hydrogen-bond acceptors (Lipinski definition) is 4. The first-order valence-corrected chi connectivity index (χ1v) is 6.48. The van der Waals surface area contributed by atoms with Crippen molar-refractivity contribution < 1.29 is 19.1 Å². The molecule has 1 unspecified atom stereocenters. The van der Waals surface area contributed by atoms with Gasteiger partial charge in [0.1, 0.15) is 5.60 Å². The molecule has 0 aromatic carbocycles. The van der Waals surface area contributed by atoms with Gasteiger partial charge in [0.25, 0.3) is 0 Å². The summed E-state index contributed by atoms with van der Waals surface area (Å²) in [5.74, 6) is -0.379. The summed E-state index contributed by atoms with van der Waals surface area (Å²) < 4.78 is 9.98. The lowest BCUT2D eigenvalue weighted by Crippen LogP contribution is -2.46. The second-order valence-electron chi connectivity index (χ2n) is 5.90. The highest BCUT2D eigenvalue weighted by Gasteiger charge is 2.33. The number of methoxy groups -OCH3 is 1. The van der Waals surface area contributed by atoms with E-state index >= 15 is 0 Å². The third kappa shape index (κ3) is 4.93. The van der Waals surface area contributed by atoms with Crippen LogP contribution >= 0.6 is 0 Å². The van der Waals surface area contributed by atoms with Crippen molar-refractivity contribution in [3.05, 3.63) is 12.2 Å². The van der Waals surface area contributed by atoms with Gasteiger partial charge < -0.3 is 14.8 Å². The first-order valence-electron chi connectivity index (χ1n) is 6.48. The maximum Gasteiger partial charge on any atom is 0.408 e. The highest BCUT2D eigenvalue weighted by atomic mass is 16.6. The Bertz CT molecular complexity index is 370. The van der Waals surface area contributed by atoms with Crippen LogP contribution in [0.25, 0.3) is 0 Å².